The van der Waals surface area contributed by atoms with E-state index < -0.39 is 0 Å². The summed E-state index contributed by atoms with van der Waals surface area (Å²) in [4.78, 5) is 1.99. The van der Waals surface area contributed by atoms with Crippen LogP contribution in [0.25, 0.3) is 0 Å². The minimum Gasteiger partial charge on any atom is -0.314 e. The first-order valence-corrected chi connectivity index (χ1v) is 6.80. The highest BCUT2D eigenvalue weighted by atomic mass is 19.1. The van der Waals surface area contributed by atoms with Gasteiger partial charge in [-0.1, -0.05) is 18.6 Å². The fourth-order valence-electron chi connectivity index (χ4n) is 2.57. The van der Waals surface area contributed by atoms with Gasteiger partial charge in [0.15, 0.2) is 0 Å². The first-order chi connectivity index (χ1) is 8.65. The van der Waals surface area contributed by atoms with Gasteiger partial charge in [-0.05, 0) is 51.5 Å². The van der Waals surface area contributed by atoms with Gasteiger partial charge in [-0.25, -0.2) is 4.39 Å². The molecule has 1 N–H and O–H groups in total. The summed E-state index contributed by atoms with van der Waals surface area (Å²) in [5.74, 6) is -0.0722. The second-order valence-corrected chi connectivity index (χ2v) is 5.51. The third kappa shape index (κ3) is 3.79. The van der Waals surface area contributed by atoms with Crippen LogP contribution in [0.5, 0.6) is 0 Å². The number of halogens is 1. The Hall–Kier alpha value is -0.930. The van der Waals surface area contributed by atoms with Crippen molar-refractivity contribution >= 4 is 0 Å². The van der Waals surface area contributed by atoms with Crippen LogP contribution < -0.4 is 5.32 Å². The Morgan fingerprint density at radius 3 is 2.78 bits per heavy atom. The van der Waals surface area contributed by atoms with E-state index in [0.717, 1.165) is 24.1 Å². The van der Waals surface area contributed by atoms with Crippen LogP contribution in [0.2, 0.25) is 0 Å². The monoisotopic (exact) mass is 250 g/mol. The predicted octanol–water partition coefficient (Wildman–Crippen LogP) is 2.57. The summed E-state index contributed by atoms with van der Waals surface area (Å²) in [6.07, 6.45) is 4.71. The Bertz CT molecular complexity index is 384. The van der Waals surface area contributed by atoms with Crippen molar-refractivity contribution in [1.29, 1.82) is 0 Å². The summed E-state index contributed by atoms with van der Waals surface area (Å²) >= 11 is 0. The molecule has 0 aromatic heterocycles. The summed E-state index contributed by atoms with van der Waals surface area (Å²) < 4.78 is 13.9. The molecule has 1 aliphatic heterocycles. The minimum absolute atomic E-state index is 0.0722. The molecule has 1 heterocycles. The molecule has 0 amide bonds. The molecule has 18 heavy (non-hydrogen) atoms. The van der Waals surface area contributed by atoms with E-state index in [4.69, 9.17) is 0 Å². The lowest BCUT2D eigenvalue weighted by Crippen LogP contribution is -2.35. The quantitative estimate of drug-likeness (QED) is 0.883. The van der Waals surface area contributed by atoms with Crippen molar-refractivity contribution in [2.24, 2.45) is 0 Å². The van der Waals surface area contributed by atoms with Crippen LogP contribution in [-0.2, 0) is 13.0 Å². The SMILES string of the molecule is CN(C)Cc1ccc(CC2CCCCN2)cc1F. The highest BCUT2D eigenvalue weighted by molar-refractivity contribution is 5.25. The molecule has 1 atom stereocenters. The smallest absolute Gasteiger partial charge is 0.127 e. The Morgan fingerprint density at radius 2 is 2.17 bits per heavy atom. The van der Waals surface area contributed by atoms with Gasteiger partial charge in [0, 0.05) is 18.2 Å². The maximum atomic E-state index is 13.9. The van der Waals surface area contributed by atoms with Crippen LogP contribution >= 0.6 is 0 Å². The molecule has 100 valence electrons. The third-order valence-corrected chi connectivity index (χ3v) is 3.50. The van der Waals surface area contributed by atoms with Crippen LogP contribution in [0.15, 0.2) is 18.2 Å². The Morgan fingerprint density at radius 1 is 1.33 bits per heavy atom. The molecule has 2 rings (SSSR count). The number of hydrogen-bond donors (Lipinski definition) is 1. The van der Waals surface area contributed by atoms with Gasteiger partial charge in [0.05, 0.1) is 0 Å². The summed E-state index contributed by atoms with van der Waals surface area (Å²) in [7, 11) is 3.92. The topological polar surface area (TPSA) is 15.3 Å². The number of hydrogen-bond acceptors (Lipinski definition) is 2. The zero-order chi connectivity index (χ0) is 13.0. The summed E-state index contributed by atoms with van der Waals surface area (Å²) in [5, 5.41) is 3.50. The summed E-state index contributed by atoms with van der Waals surface area (Å²) in [6, 6.07) is 6.22. The highest BCUT2D eigenvalue weighted by Crippen LogP contribution is 2.16. The standard InChI is InChI=1S/C15H23FN2/c1-18(2)11-13-7-6-12(10-15(13)16)9-14-5-3-4-8-17-14/h6-7,10,14,17H,3-5,8-9,11H2,1-2H3. The molecule has 1 unspecified atom stereocenters. The van der Waals surface area contributed by atoms with Crippen LogP contribution in [0.1, 0.15) is 30.4 Å². The molecule has 3 heteroatoms. The van der Waals surface area contributed by atoms with Crippen LogP contribution in [0, 0.1) is 5.82 Å². The van der Waals surface area contributed by atoms with E-state index in [1.165, 1.54) is 19.3 Å². The molecule has 1 aliphatic rings. The van der Waals surface area contributed by atoms with Crippen LogP contribution in [-0.4, -0.2) is 31.6 Å². The van der Waals surface area contributed by atoms with Crippen molar-refractivity contribution in [1.82, 2.24) is 10.2 Å². The number of nitrogens with one attached hydrogen (secondary N) is 1. The molecule has 0 spiro atoms. The molecule has 1 aromatic rings. The molecule has 1 saturated heterocycles. The Kier molecular flexibility index (Phi) is 4.72. The van der Waals surface area contributed by atoms with Gasteiger partial charge in [-0.3, -0.25) is 0 Å². The molecular weight excluding hydrogens is 227 g/mol. The Labute approximate surface area is 109 Å². The first-order valence-electron chi connectivity index (χ1n) is 6.80. The average molecular weight is 250 g/mol. The number of nitrogens with zero attached hydrogens (tertiary/aromatic N) is 1. The lowest BCUT2D eigenvalue weighted by molar-refractivity contribution is 0.390. The fraction of sp³-hybridized carbons (Fsp3) is 0.600. The lowest BCUT2D eigenvalue weighted by Gasteiger charge is -2.23. The van der Waals surface area contributed by atoms with Gasteiger partial charge in [-0.2, -0.15) is 0 Å². The maximum absolute atomic E-state index is 13.9. The van der Waals surface area contributed by atoms with Gasteiger partial charge in [0.2, 0.25) is 0 Å². The molecule has 0 saturated carbocycles. The second kappa shape index (κ2) is 6.30. The number of benzene rings is 1. The largest absolute Gasteiger partial charge is 0.314 e. The molecule has 0 radical (unpaired) electrons. The van der Waals surface area contributed by atoms with E-state index in [9.17, 15) is 4.39 Å². The highest BCUT2D eigenvalue weighted by Gasteiger charge is 2.14. The van der Waals surface area contributed by atoms with Gasteiger partial charge >= 0.3 is 0 Å². The Balaban J connectivity index is 1.99. The zero-order valence-electron chi connectivity index (χ0n) is 11.4. The van der Waals surface area contributed by atoms with E-state index >= 15 is 0 Å². The van der Waals surface area contributed by atoms with Crippen molar-refractivity contribution in [3.63, 3.8) is 0 Å². The number of rotatable bonds is 4. The van der Waals surface area contributed by atoms with Crippen molar-refractivity contribution in [3.8, 4) is 0 Å². The van der Waals surface area contributed by atoms with Crippen molar-refractivity contribution in [3.05, 3.63) is 35.1 Å². The molecular formula is C15H23FN2. The normalized spacial score (nSPS) is 20.3. The lowest BCUT2D eigenvalue weighted by atomic mass is 9.97. The van der Waals surface area contributed by atoms with E-state index in [0.29, 0.717) is 12.6 Å². The van der Waals surface area contributed by atoms with Gasteiger partial charge in [0.1, 0.15) is 5.82 Å². The molecule has 2 nitrogen and oxygen atoms in total. The van der Waals surface area contributed by atoms with Crippen LogP contribution in [0.4, 0.5) is 4.39 Å². The van der Waals surface area contributed by atoms with E-state index in [1.807, 2.05) is 25.1 Å². The summed E-state index contributed by atoms with van der Waals surface area (Å²) in [5.41, 5.74) is 1.88. The molecule has 0 bridgehead atoms. The first kappa shape index (κ1) is 13.5. The van der Waals surface area contributed by atoms with E-state index in [2.05, 4.69) is 11.4 Å². The van der Waals surface area contributed by atoms with Crippen molar-refractivity contribution in [2.75, 3.05) is 20.6 Å². The molecule has 0 aliphatic carbocycles. The molecule has 1 aromatic carbocycles. The van der Waals surface area contributed by atoms with E-state index in [-0.39, 0.29) is 5.82 Å². The zero-order valence-corrected chi connectivity index (χ0v) is 11.4. The van der Waals surface area contributed by atoms with Crippen LogP contribution in [0.3, 0.4) is 0 Å². The summed E-state index contributed by atoms with van der Waals surface area (Å²) in [6.45, 7) is 1.76. The van der Waals surface area contributed by atoms with E-state index in [1.54, 1.807) is 6.07 Å². The minimum atomic E-state index is -0.0722. The fourth-order valence-corrected chi connectivity index (χ4v) is 2.57. The second-order valence-electron chi connectivity index (χ2n) is 5.51. The number of piperidine rings is 1. The van der Waals surface area contributed by atoms with Gasteiger partial charge in [0.25, 0.3) is 0 Å². The predicted molar refractivity (Wildman–Crippen MR) is 73.1 cm³/mol. The average Bonchev–Trinajstić information content (AvgIpc) is 2.33. The molecule has 1 fully saturated rings. The maximum Gasteiger partial charge on any atom is 0.127 e. The van der Waals surface area contributed by atoms with Crippen molar-refractivity contribution < 1.29 is 4.39 Å². The van der Waals surface area contributed by atoms with Gasteiger partial charge in [-0.15, -0.1) is 0 Å². The third-order valence-electron chi connectivity index (χ3n) is 3.50. The van der Waals surface area contributed by atoms with Gasteiger partial charge < -0.3 is 10.2 Å². The van der Waals surface area contributed by atoms with Crippen molar-refractivity contribution in [2.45, 2.75) is 38.3 Å².